The van der Waals surface area contributed by atoms with Gasteiger partial charge in [-0.1, -0.05) is 47.5 Å². The smallest absolute Gasteiger partial charge is 0.232 e. The quantitative estimate of drug-likeness (QED) is 0.636. The fourth-order valence-electron chi connectivity index (χ4n) is 3.16. The highest BCUT2D eigenvalue weighted by Crippen LogP contribution is 2.31. The first kappa shape index (κ1) is 18.2. The summed E-state index contributed by atoms with van der Waals surface area (Å²) in [5.41, 5.74) is 3.41. The Morgan fingerprint density at radius 1 is 0.926 bits per heavy atom. The molecule has 1 fully saturated rings. The molecule has 0 unspecified atom stereocenters. The van der Waals surface area contributed by atoms with Gasteiger partial charge in [0.2, 0.25) is 5.88 Å². The molecule has 6 heteroatoms. The Morgan fingerprint density at radius 2 is 1.56 bits per heavy atom. The Kier molecular flexibility index (Phi) is 5.58. The Bertz CT molecular complexity index is 908. The molecule has 4 nitrogen and oxygen atoms in total. The van der Waals surface area contributed by atoms with E-state index in [1.165, 1.54) is 6.42 Å². The van der Waals surface area contributed by atoms with Gasteiger partial charge in [-0.25, -0.2) is 9.97 Å². The van der Waals surface area contributed by atoms with Crippen molar-refractivity contribution in [3.63, 3.8) is 0 Å². The first-order chi connectivity index (χ1) is 13.2. The molecule has 138 valence electrons. The number of aromatic nitrogens is 2. The van der Waals surface area contributed by atoms with Crippen molar-refractivity contribution >= 4 is 23.2 Å². The topological polar surface area (TPSA) is 47.0 Å². The monoisotopic (exact) mass is 399 g/mol. The molecule has 2 aromatic carbocycles. The molecular weight excluding hydrogens is 381 g/mol. The van der Waals surface area contributed by atoms with Crippen molar-refractivity contribution in [2.45, 2.75) is 18.9 Å². The number of nitrogens with zero attached hydrogens (tertiary/aromatic N) is 2. The lowest BCUT2D eigenvalue weighted by Crippen LogP contribution is -2.28. The predicted octanol–water partition coefficient (Wildman–Crippen LogP) is 5.25. The van der Waals surface area contributed by atoms with Crippen molar-refractivity contribution in [2.24, 2.45) is 0 Å². The molecule has 0 amide bonds. The molecule has 1 aliphatic heterocycles. The van der Waals surface area contributed by atoms with E-state index in [2.05, 4.69) is 10.3 Å². The van der Waals surface area contributed by atoms with Crippen LogP contribution in [0.2, 0.25) is 10.0 Å². The highest BCUT2D eigenvalue weighted by atomic mass is 35.5. The summed E-state index contributed by atoms with van der Waals surface area (Å²) in [5, 5.41) is 4.79. The number of rotatable bonds is 5. The first-order valence-corrected chi connectivity index (χ1v) is 9.70. The van der Waals surface area contributed by atoms with E-state index in [1.54, 1.807) is 6.20 Å². The summed E-state index contributed by atoms with van der Waals surface area (Å²) >= 11 is 12.1. The van der Waals surface area contributed by atoms with Crippen molar-refractivity contribution < 1.29 is 4.74 Å². The number of nitrogens with one attached hydrogen (secondary N) is 1. The lowest BCUT2D eigenvalue weighted by atomic mass is 10.0. The predicted molar refractivity (Wildman–Crippen MR) is 109 cm³/mol. The van der Waals surface area contributed by atoms with Gasteiger partial charge < -0.3 is 10.1 Å². The van der Waals surface area contributed by atoms with E-state index in [0.717, 1.165) is 35.5 Å². The van der Waals surface area contributed by atoms with Gasteiger partial charge in [0.05, 0.1) is 11.9 Å². The minimum Gasteiger partial charge on any atom is -0.475 e. The minimum atomic E-state index is 0.377. The Balaban J connectivity index is 1.69. The van der Waals surface area contributed by atoms with Crippen LogP contribution in [-0.2, 0) is 0 Å². The molecule has 0 saturated carbocycles. The van der Waals surface area contributed by atoms with E-state index in [1.807, 2.05) is 48.5 Å². The maximum Gasteiger partial charge on any atom is 0.232 e. The summed E-state index contributed by atoms with van der Waals surface area (Å²) in [6, 6.07) is 15.5. The van der Waals surface area contributed by atoms with Crippen LogP contribution in [0.15, 0.2) is 54.7 Å². The van der Waals surface area contributed by atoms with Gasteiger partial charge in [-0.15, -0.1) is 0 Å². The second-order valence-corrected chi connectivity index (χ2v) is 7.40. The van der Waals surface area contributed by atoms with E-state index in [-0.39, 0.29) is 0 Å². The van der Waals surface area contributed by atoms with E-state index in [9.17, 15) is 0 Å². The fraction of sp³-hybridized carbons (Fsp3) is 0.238. The van der Waals surface area contributed by atoms with Gasteiger partial charge in [0.25, 0.3) is 0 Å². The van der Waals surface area contributed by atoms with Crippen LogP contribution in [0.4, 0.5) is 0 Å². The summed E-state index contributed by atoms with van der Waals surface area (Å²) in [7, 11) is 0. The van der Waals surface area contributed by atoms with Crippen LogP contribution < -0.4 is 10.1 Å². The lowest BCUT2D eigenvalue weighted by Gasteiger charge is -2.14. The lowest BCUT2D eigenvalue weighted by molar-refractivity contribution is 0.267. The van der Waals surface area contributed by atoms with Gasteiger partial charge in [0.15, 0.2) is 0 Å². The van der Waals surface area contributed by atoms with Gasteiger partial charge in [-0.2, -0.15) is 0 Å². The molecule has 2 heterocycles. The molecule has 1 aromatic heterocycles. The molecular formula is C21H19Cl2N3O. The van der Waals surface area contributed by atoms with Crippen LogP contribution in [0.3, 0.4) is 0 Å². The van der Waals surface area contributed by atoms with Crippen LogP contribution in [0.5, 0.6) is 5.88 Å². The average molecular weight is 400 g/mol. The summed E-state index contributed by atoms with van der Waals surface area (Å²) in [4.78, 5) is 9.38. The molecule has 1 atom stereocenters. The van der Waals surface area contributed by atoms with E-state index >= 15 is 0 Å². The molecule has 1 aliphatic rings. The molecule has 0 spiro atoms. The van der Waals surface area contributed by atoms with Crippen LogP contribution in [-0.4, -0.2) is 29.2 Å². The van der Waals surface area contributed by atoms with Crippen molar-refractivity contribution in [1.29, 1.82) is 0 Å². The number of halogens is 2. The number of hydrogen-bond acceptors (Lipinski definition) is 4. The largest absolute Gasteiger partial charge is 0.475 e. The zero-order valence-electron chi connectivity index (χ0n) is 14.7. The standard InChI is InChI=1S/C21H19Cl2N3O/c22-16-7-3-14(4-8-16)20-21(15-5-9-17(23)10-6-15)26-19(12-25-20)27-13-18-2-1-11-24-18/h3-10,12,18,24H,1-2,11,13H2/t18-/m0/s1. The van der Waals surface area contributed by atoms with Crippen LogP contribution >= 0.6 is 23.2 Å². The molecule has 1 saturated heterocycles. The summed E-state index contributed by atoms with van der Waals surface area (Å²) in [6.45, 7) is 1.64. The van der Waals surface area contributed by atoms with E-state index in [4.69, 9.17) is 32.9 Å². The van der Waals surface area contributed by atoms with Gasteiger partial charge in [-0.05, 0) is 43.7 Å². The van der Waals surface area contributed by atoms with E-state index in [0.29, 0.717) is 28.6 Å². The molecule has 0 radical (unpaired) electrons. The molecule has 0 aliphatic carbocycles. The van der Waals surface area contributed by atoms with Gasteiger partial charge in [0, 0.05) is 27.2 Å². The summed E-state index contributed by atoms with van der Waals surface area (Å²) in [6.07, 6.45) is 3.99. The van der Waals surface area contributed by atoms with Crippen LogP contribution in [0, 0.1) is 0 Å². The third kappa shape index (κ3) is 4.41. The highest BCUT2D eigenvalue weighted by Gasteiger charge is 2.17. The third-order valence-electron chi connectivity index (χ3n) is 4.58. The van der Waals surface area contributed by atoms with E-state index < -0.39 is 0 Å². The molecule has 0 bridgehead atoms. The number of benzene rings is 2. The zero-order valence-corrected chi connectivity index (χ0v) is 16.2. The second kappa shape index (κ2) is 8.26. The van der Waals surface area contributed by atoms with Gasteiger partial charge in [0.1, 0.15) is 12.3 Å². The fourth-order valence-corrected chi connectivity index (χ4v) is 3.41. The van der Waals surface area contributed by atoms with Crippen molar-refractivity contribution in [3.05, 3.63) is 64.8 Å². The summed E-state index contributed by atoms with van der Waals surface area (Å²) < 4.78 is 5.90. The molecule has 27 heavy (non-hydrogen) atoms. The second-order valence-electron chi connectivity index (χ2n) is 6.52. The van der Waals surface area contributed by atoms with Crippen LogP contribution in [0.1, 0.15) is 12.8 Å². The van der Waals surface area contributed by atoms with Crippen molar-refractivity contribution in [3.8, 4) is 28.4 Å². The van der Waals surface area contributed by atoms with Crippen molar-refractivity contribution in [1.82, 2.24) is 15.3 Å². The zero-order chi connectivity index (χ0) is 18.6. The Labute approximate surface area is 168 Å². The SMILES string of the molecule is Clc1ccc(-c2ncc(OC[C@@H]3CCCN3)nc2-c2ccc(Cl)cc2)cc1. The highest BCUT2D eigenvalue weighted by molar-refractivity contribution is 6.31. The normalized spacial score (nSPS) is 16.4. The van der Waals surface area contributed by atoms with Crippen LogP contribution in [0.25, 0.3) is 22.5 Å². The van der Waals surface area contributed by atoms with Gasteiger partial charge in [-0.3, -0.25) is 0 Å². The Morgan fingerprint density at radius 3 is 2.15 bits per heavy atom. The molecule has 3 aromatic rings. The third-order valence-corrected chi connectivity index (χ3v) is 5.08. The summed E-state index contributed by atoms with van der Waals surface area (Å²) in [5.74, 6) is 0.520. The van der Waals surface area contributed by atoms with Crippen molar-refractivity contribution in [2.75, 3.05) is 13.2 Å². The maximum atomic E-state index is 6.04. The Hall–Kier alpha value is -2.14. The maximum absolute atomic E-state index is 6.04. The first-order valence-electron chi connectivity index (χ1n) is 8.94. The number of hydrogen-bond donors (Lipinski definition) is 1. The molecule has 1 N–H and O–H groups in total. The number of ether oxygens (including phenoxy) is 1. The minimum absolute atomic E-state index is 0.377. The average Bonchev–Trinajstić information content (AvgIpc) is 3.21. The van der Waals surface area contributed by atoms with Gasteiger partial charge >= 0.3 is 0 Å². The molecule has 4 rings (SSSR count).